The van der Waals surface area contributed by atoms with Crippen molar-refractivity contribution in [1.29, 1.82) is 0 Å². The maximum absolute atomic E-state index is 13.0. The number of benzene rings is 2. The van der Waals surface area contributed by atoms with Gasteiger partial charge in [-0.3, -0.25) is 14.4 Å². The zero-order valence-electron chi connectivity index (χ0n) is 22.4. The van der Waals surface area contributed by atoms with Gasteiger partial charge in [-0.05, 0) is 68.4 Å². The second kappa shape index (κ2) is 11.1. The van der Waals surface area contributed by atoms with Crippen LogP contribution in [-0.2, 0) is 13.6 Å². The lowest BCUT2D eigenvalue weighted by Crippen LogP contribution is -2.43. The van der Waals surface area contributed by atoms with Crippen LogP contribution in [0.3, 0.4) is 0 Å². The Kier molecular flexibility index (Phi) is 7.48. The Morgan fingerprint density at radius 2 is 1.71 bits per heavy atom. The molecular weight excluding hydrogens is 476 g/mol. The molecule has 0 aliphatic carbocycles. The fraction of sp³-hybridized carbons (Fsp3) is 0.310. The van der Waals surface area contributed by atoms with Gasteiger partial charge in [0, 0.05) is 74.2 Å². The molecule has 2 aromatic heterocycles. The molecule has 1 saturated heterocycles. The lowest BCUT2D eigenvalue weighted by molar-refractivity contribution is 0.102. The molecule has 1 amide bonds. The largest absolute Gasteiger partial charge is 0.324 e. The van der Waals surface area contributed by atoms with Crippen LogP contribution in [0, 0.1) is 13.8 Å². The van der Waals surface area contributed by atoms with E-state index in [2.05, 4.69) is 60.7 Å². The van der Waals surface area contributed by atoms with Gasteiger partial charge < -0.3 is 15.5 Å². The first kappa shape index (κ1) is 25.6. The van der Waals surface area contributed by atoms with Gasteiger partial charge in [-0.2, -0.15) is 5.10 Å². The maximum atomic E-state index is 13.0. The van der Waals surface area contributed by atoms with Crippen molar-refractivity contribution in [3.8, 4) is 11.3 Å². The van der Waals surface area contributed by atoms with Crippen LogP contribution in [-0.4, -0.2) is 68.7 Å². The molecule has 4 aromatic rings. The number of nitrogens with one attached hydrogen (secondary N) is 2. The van der Waals surface area contributed by atoms with Crippen LogP contribution in [0.5, 0.6) is 0 Å². The number of aromatic nitrogens is 4. The molecule has 0 spiro atoms. The highest BCUT2D eigenvalue weighted by Gasteiger charge is 2.15. The lowest BCUT2D eigenvalue weighted by atomic mass is 10.1. The van der Waals surface area contributed by atoms with Crippen molar-refractivity contribution in [3.63, 3.8) is 0 Å². The average molecular weight is 511 g/mol. The molecule has 0 radical (unpaired) electrons. The third-order valence-electron chi connectivity index (χ3n) is 6.81. The van der Waals surface area contributed by atoms with Gasteiger partial charge >= 0.3 is 0 Å². The molecule has 196 valence electrons. The molecule has 0 unspecified atom stereocenters. The summed E-state index contributed by atoms with van der Waals surface area (Å²) in [6.45, 7) is 9.13. The minimum Gasteiger partial charge on any atom is -0.324 e. The zero-order chi connectivity index (χ0) is 26.6. The number of aryl methyl sites for hydroxylation is 3. The van der Waals surface area contributed by atoms with Crippen molar-refractivity contribution in [2.24, 2.45) is 7.05 Å². The molecule has 9 heteroatoms. The van der Waals surface area contributed by atoms with Crippen LogP contribution >= 0.6 is 0 Å². The third kappa shape index (κ3) is 6.24. The van der Waals surface area contributed by atoms with E-state index in [9.17, 15) is 4.79 Å². The summed E-state index contributed by atoms with van der Waals surface area (Å²) < 4.78 is 1.74. The molecule has 1 fully saturated rings. The van der Waals surface area contributed by atoms with Crippen molar-refractivity contribution >= 4 is 23.2 Å². The standard InChI is InChI=1S/C29H34N8O/c1-20-5-6-22(18-37-13-11-35(3)12-14-37)16-26(20)33-28(38)23-7-9-25(10-8-23)32-29-31-21(2)15-27(34-29)24-17-30-36(4)19-24/h5-10,15-17,19H,11-14,18H2,1-4H3,(H,33,38)(H,31,32,34). The first-order chi connectivity index (χ1) is 18.3. The zero-order valence-corrected chi connectivity index (χ0v) is 22.4. The van der Waals surface area contributed by atoms with Crippen LogP contribution in [0.4, 0.5) is 17.3 Å². The van der Waals surface area contributed by atoms with Gasteiger partial charge in [0.25, 0.3) is 5.91 Å². The van der Waals surface area contributed by atoms with E-state index in [1.165, 1.54) is 5.56 Å². The molecule has 38 heavy (non-hydrogen) atoms. The van der Waals surface area contributed by atoms with Gasteiger partial charge in [0.2, 0.25) is 5.95 Å². The fourth-order valence-electron chi connectivity index (χ4n) is 4.52. The minimum atomic E-state index is -0.137. The number of amides is 1. The number of anilines is 3. The minimum absolute atomic E-state index is 0.137. The number of nitrogens with zero attached hydrogens (tertiary/aromatic N) is 6. The predicted molar refractivity (Wildman–Crippen MR) is 151 cm³/mol. The SMILES string of the molecule is Cc1cc(-c2cnn(C)c2)nc(Nc2ccc(C(=O)Nc3cc(CN4CCN(C)CC4)ccc3C)cc2)n1. The molecule has 2 aromatic carbocycles. The molecule has 1 aliphatic rings. The van der Waals surface area contributed by atoms with Gasteiger partial charge in [0.15, 0.2) is 0 Å². The first-order valence-corrected chi connectivity index (χ1v) is 12.9. The molecule has 5 rings (SSSR count). The monoisotopic (exact) mass is 510 g/mol. The highest BCUT2D eigenvalue weighted by atomic mass is 16.1. The summed E-state index contributed by atoms with van der Waals surface area (Å²) in [4.78, 5) is 27.0. The quantitative estimate of drug-likeness (QED) is 0.384. The van der Waals surface area contributed by atoms with Crippen LogP contribution < -0.4 is 10.6 Å². The van der Waals surface area contributed by atoms with E-state index in [4.69, 9.17) is 0 Å². The highest BCUT2D eigenvalue weighted by molar-refractivity contribution is 6.04. The van der Waals surface area contributed by atoms with Crippen LogP contribution in [0.1, 0.15) is 27.2 Å². The van der Waals surface area contributed by atoms with Crippen LogP contribution in [0.2, 0.25) is 0 Å². The molecule has 9 nitrogen and oxygen atoms in total. The molecule has 1 aliphatic heterocycles. The lowest BCUT2D eigenvalue weighted by Gasteiger charge is -2.32. The molecule has 0 saturated carbocycles. The van der Waals surface area contributed by atoms with E-state index in [-0.39, 0.29) is 5.91 Å². The van der Waals surface area contributed by atoms with Crippen molar-refractivity contribution < 1.29 is 4.79 Å². The first-order valence-electron chi connectivity index (χ1n) is 12.9. The van der Waals surface area contributed by atoms with Crippen molar-refractivity contribution in [3.05, 3.63) is 83.3 Å². The van der Waals surface area contributed by atoms with Gasteiger partial charge in [0.05, 0.1) is 11.9 Å². The number of hydrogen-bond acceptors (Lipinski definition) is 7. The van der Waals surface area contributed by atoms with Crippen molar-refractivity contribution in [1.82, 2.24) is 29.5 Å². The van der Waals surface area contributed by atoms with E-state index < -0.39 is 0 Å². The molecule has 3 heterocycles. The van der Waals surface area contributed by atoms with E-state index in [1.807, 2.05) is 45.3 Å². The summed E-state index contributed by atoms with van der Waals surface area (Å²) in [5.74, 6) is 0.357. The molecule has 0 bridgehead atoms. The Hall–Kier alpha value is -4.08. The smallest absolute Gasteiger partial charge is 0.255 e. The summed E-state index contributed by atoms with van der Waals surface area (Å²) in [5, 5.41) is 10.6. The van der Waals surface area contributed by atoms with E-state index in [0.717, 1.165) is 66.6 Å². The van der Waals surface area contributed by atoms with E-state index >= 15 is 0 Å². The number of carbonyl (C=O) groups is 1. The number of rotatable bonds is 7. The summed E-state index contributed by atoms with van der Waals surface area (Å²) in [6, 6.07) is 15.6. The van der Waals surface area contributed by atoms with Crippen molar-refractivity contribution in [2.45, 2.75) is 20.4 Å². The summed E-state index contributed by atoms with van der Waals surface area (Å²) >= 11 is 0. The van der Waals surface area contributed by atoms with Gasteiger partial charge in [0.1, 0.15) is 0 Å². The summed E-state index contributed by atoms with van der Waals surface area (Å²) in [7, 11) is 4.04. The number of piperazine rings is 1. The van der Waals surface area contributed by atoms with E-state index in [1.54, 1.807) is 23.0 Å². The Bertz CT molecular complexity index is 1420. The van der Waals surface area contributed by atoms with Gasteiger partial charge in [-0.15, -0.1) is 0 Å². The third-order valence-corrected chi connectivity index (χ3v) is 6.81. The number of carbonyl (C=O) groups excluding carboxylic acids is 1. The fourth-order valence-corrected chi connectivity index (χ4v) is 4.52. The number of likely N-dealkylation sites (N-methyl/N-ethyl adjacent to an activating group) is 1. The molecule has 0 atom stereocenters. The Morgan fingerprint density at radius 1 is 0.947 bits per heavy atom. The summed E-state index contributed by atoms with van der Waals surface area (Å²) in [6.07, 6.45) is 3.70. The Morgan fingerprint density at radius 3 is 2.42 bits per heavy atom. The molecular formula is C29H34N8O. The number of hydrogen-bond donors (Lipinski definition) is 2. The van der Waals surface area contributed by atoms with E-state index in [0.29, 0.717) is 11.5 Å². The summed E-state index contributed by atoms with van der Waals surface area (Å²) in [5.41, 5.74) is 7.06. The average Bonchev–Trinajstić information content (AvgIpc) is 3.34. The van der Waals surface area contributed by atoms with Crippen molar-refractivity contribution in [2.75, 3.05) is 43.9 Å². The molecule has 2 N–H and O–H groups in total. The topological polar surface area (TPSA) is 91.2 Å². The predicted octanol–water partition coefficient (Wildman–Crippen LogP) is 4.24. The Labute approximate surface area is 223 Å². The van der Waals surface area contributed by atoms with Crippen LogP contribution in [0.15, 0.2) is 60.9 Å². The Balaban J connectivity index is 1.24. The maximum Gasteiger partial charge on any atom is 0.255 e. The second-order valence-electron chi connectivity index (χ2n) is 10.0. The highest BCUT2D eigenvalue weighted by Crippen LogP contribution is 2.22. The second-order valence-corrected chi connectivity index (χ2v) is 10.0. The van der Waals surface area contributed by atoms with Crippen LogP contribution in [0.25, 0.3) is 11.3 Å². The van der Waals surface area contributed by atoms with Gasteiger partial charge in [-0.1, -0.05) is 12.1 Å². The van der Waals surface area contributed by atoms with Gasteiger partial charge in [-0.25, -0.2) is 9.97 Å². The normalized spacial score (nSPS) is 14.4.